The van der Waals surface area contributed by atoms with Crippen LogP contribution in [-0.2, 0) is 11.3 Å². The molecule has 1 amide bonds. The van der Waals surface area contributed by atoms with Crippen molar-refractivity contribution in [1.82, 2.24) is 10.6 Å². The Labute approximate surface area is 95.7 Å². The first-order chi connectivity index (χ1) is 7.54. The van der Waals surface area contributed by atoms with Crippen molar-refractivity contribution in [2.45, 2.75) is 20.4 Å². The Bertz CT molecular complexity index is 389. The lowest BCUT2D eigenvalue weighted by atomic mass is 10.1. The molecule has 0 spiro atoms. The van der Waals surface area contributed by atoms with E-state index < -0.39 is 0 Å². The highest BCUT2D eigenvalue weighted by atomic mass is 16.3. The highest BCUT2D eigenvalue weighted by molar-refractivity contribution is 5.77. The molecule has 0 saturated heterocycles. The van der Waals surface area contributed by atoms with Gasteiger partial charge in [0.25, 0.3) is 0 Å². The number of aromatic hydroxyl groups is 1. The van der Waals surface area contributed by atoms with E-state index in [-0.39, 0.29) is 18.2 Å². The number of nitrogens with one attached hydrogen (secondary N) is 2. The summed E-state index contributed by atoms with van der Waals surface area (Å²) in [5.41, 5.74) is 3.01. The zero-order valence-corrected chi connectivity index (χ0v) is 9.92. The van der Waals surface area contributed by atoms with Gasteiger partial charge in [0.05, 0.1) is 6.54 Å². The molecule has 4 heteroatoms. The fourth-order valence-electron chi connectivity index (χ4n) is 1.40. The fourth-order valence-corrected chi connectivity index (χ4v) is 1.40. The fraction of sp³-hybridized carbons (Fsp3) is 0.417. The lowest BCUT2D eigenvalue weighted by Gasteiger charge is -2.09. The highest BCUT2D eigenvalue weighted by Gasteiger charge is 2.04. The first kappa shape index (κ1) is 12.5. The molecular weight excluding hydrogens is 204 g/mol. The van der Waals surface area contributed by atoms with Crippen molar-refractivity contribution in [3.05, 3.63) is 28.8 Å². The number of benzene rings is 1. The number of phenolic OH excluding ortho intramolecular Hbond substituents is 1. The summed E-state index contributed by atoms with van der Waals surface area (Å²) in [5, 5.41) is 15.2. The van der Waals surface area contributed by atoms with Crippen LogP contribution < -0.4 is 10.6 Å². The SMILES string of the molecule is CNC(=O)CNCc1cc(C)c(C)cc1O. The Kier molecular flexibility index (Phi) is 4.31. The molecule has 1 rings (SSSR count). The van der Waals surface area contributed by atoms with Gasteiger partial charge in [-0.2, -0.15) is 0 Å². The number of carbonyl (C=O) groups excluding carboxylic acids is 1. The number of hydrogen-bond acceptors (Lipinski definition) is 3. The van der Waals surface area contributed by atoms with Gasteiger partial charge in [-0.05, 0) is 31.0 Å². The van der Waals surface area contributed by atoms with Crippen molar-refractivity contribution >= 4 is 5.91 Å². The van der Waals surface area contributed by atoms with E-state index in [1.807, 2.05) is 19.9 Å². The van der Waals surface area contributed by atoms with Crippen LogP contribution in [0.2, 0.25) is 0 Å². The molecule has 1 aromatic rings. The Hall–Kier alpha value is -1.55. The van der Waals surface area contributed by atoms with E-state index in [1.54, 1.807) is 13.1 Å². The third-order valence-corrected chi connectivity index (χ3v) is 2.57. The molecular formula is C12H18N2O2. The highest BCUT2D eigenvalue weighted by Crippen LogP contribution is 2.21. The van der Waals surface area contributed by atoms with Gasteiger partial charge < -0.3 is 15.7 Å². The van der Waals surface area contributed by atoms with Crippen molar-refractivity contribution in [2.24, 2.45) is 0 Å². The van der Waals surface area contributed by atoms with Crippen molar-refractivity contribution < 1.29 is 9.90 Å². The van der Waals surface area contributed by atoms with Gasteiger partial charge in [-0.15, -0.1) is 0 Å². The number of amides is 1. The van der Waals surface area contributed by atoms with E-state index in [1.165, 1.54) is 0 Å². The van der Waals surface area contributed by atoms with E-state index >= 15 is 0 Å². The molecule has 0 radical (unpaired) electrons. The van der Waals surface area contributed by atoms with Crippen molar-refractivity contribution in [1.29, 1.82) is 0 Å². The predicted molar refractivity (Wildman–Crippen MR) is 63.4 cm³/mol. The molecule has 1 aromatic carbocycles. The molecule has 0 aliphatic carbocycles. The molecule has 0 aliphatic rings. The van der Waals surface area contributed by atoms with E-state index in [4.69, 9.17) is 0 Å². The molecule has 0 bridgehead atoms. The molecule has 0 heterocycles. The topological polar surface area (TPSA) is 61.4 Å². The summed E-state index contributed by atoms with van der Waals surface area (Å²) in [6.07, 6.45) is 0. The summed E-state index contributed by atoms with van der Waals surface area (Å²) in [6, 6.07) is 3.67. The molecule has 3 N–H and O–H groups in total. The van der Waals surface area contributed by atoms with E-state index in [0.29, 0.717) is 6.54 Å². The zero-order chi connectivity index (χ0) is 12.1. The normalized spacial score (nSPS) is 10.2. The van der Waals surface area contributed by atoms with Gasteiger partial charge in [0.15, 0.2) is 0 Å². The third-order valence-electron chi connectivity index (χ3n) is 2.57. The van der Waals surface area contributed by atoms with Crippen molar-refractivity contribution in [2.75, 3.05) is 13.6 Å². The smallest absolute Gasteiger partial charge is 0.233 e. The van der Waals surface area contributed by atoms with Gasteiger partial charge in [0, 0.05) is 19.2 Å². The van der Waals surface area contributed by atoms with E-state index in [2.05, 4.69) is 10.6 Å². The second kappa shape index (κ2) is 5.51. The van der Waals surface area contributed by atoms with E-state index in [9.17, 15) is 9.90 Å². The van der Waals surface area contributed by atoms with Crippen LogP contribution in [0.15, 0.2) is 12.1 Å². The first-order valence-corrected chi connectivity index (χ1v) is 5.25. The molecule has 0 unspecified atom stereocenters. The largest absolute Gasteiger partial charge is 0.508 e. The average molecular weight is 222 g/mol. The van der Waals surface area contributed by atoms with Crippen LogP contribution in [-0.4, -0.2) is 24.6 Å². The van der Waals surface area contributed by atoms with Gasteiger partial charge >= 0.3 is 0 Å². The summed E-state index contributed by atoms with van der Waals surface area (Å²) in [5.74, 6) is 0.204. The van der Waals surface area contributed by atoms with Gasteiger partial charge in [0.2, 0.25) is 5.91 Å². The number of aryl methyl sites for hydroxylation is 2. The molecule has 4 nitrogen and oxygen atoms in total. The minimum absolute atomic E-state index is 0.0664. The Morgan fingerprint density at radius 1 is 1.31 bits per heavy atom. The Morgan fingerprint density at radius 3 is 2.56 bits per heavy atom. The maximum absolute atomic E-state index is 11.0. The monoisotopic (exact) mass is 222 g/mol. The molecule has 88 valence electrons. The first-order valence-electron chi connectivity index (χ1n) is 5.25. The van der Waals surface area contributed by atoms with Gasteiger partial charge in [0.1, 0.15) is 5.75 Å². The number of likely N-dealkylation sites (N-methyl/N-ethyl adjacent to an activating group) is 1. The summed E-state index contributed by atoms with van der Waals surface area (Å²) >= 11 is 0. The maximum Gasteiger partial charge on any atom is 0.233 e. The van der Waals surface area contributed by atoms with Crippen LogP contribution in [0.5, 0.6) is 5.75 Å². The molecule has 0 aromatic heterocycles. The number of carbonyl (C=O) groups is 1. The second-order valence-electron chi connectivity index (χ2n) is 3.84. The second-order valence-corrected chi connectivity index (χ2v) is 3.84. The Balaban J connectivity index is 2.60. The predicted octanol–water partition coefficient (Wildman–Crippen LogP) is 0.845. The third kappa shape index (κ3) is 3.24. The van der Waals surface area contributed by atoms with E-state index in [0.717, 1.165) is 16.7 Å². The maximum atomic E-state index is 11.0. The number of phenols is 1. The van der Waals surface area contributed by atoms with Crippen LogP contribution >= 0.6 is 0 Å². The average Bonchev–Trinajstić information content (AvgIpc) is 2.25. The standard InChI is InChI=1S/C12H18N2O2/c1-8-4-10(11(15)5-9(8)2)6-14-7-12(16)13-3/h4-5,14-15H,6-7H2,1-3H3,(H,13,16). The van der Waals surface area contributed by atoms with Gasteiger partial charge in [-0.1, -0.05) is 6.07 Å². The summed E-state index contributed by atoms with van der Waals surface area (Å²) in [6.45, 7) is 4.69. The van der Waals surface area contributed by atoms with Crippen molar-refractivity contribution in [3.63, 3.8) is 0 Å². The Morgan fingerprint density at radius 2 is 1.94 bits per heavy atom. The summed E-state index contributed by atoms with van der Waals surface area (Å²) < 4.78 is 0. The molecule has 0 fully saturated rings. The zero-order valence-electron chi connectivity index (χ0n) is 9.92. The number of rotatable bonds is 4. The summed E-state index contributed by atoms with van der Waals surface area (Å²) in [7, 11) is 1.59. The quantitative estimate of drug-likeness (QED) is 0.707. The van der Waals surface area contributed by atoms with Crippen LogP contribution in [0, 0.1) is 13.8 Å². The molecule has 0 saturated carbocycles. The molecule has 16 heavy (non-hydrogen) atoms. The van der Waals surface area contributed by atoms with Crippen LogP contribution in [0.1, 0.15) is 16.7 Å². The molecule has 0 atom stereocenters. The van der Waals surface area contributed by atoms with Gasteiger partial charge in [-0.25, -0.2) is 0 Å². The van der Waals surface area contributed by atoms with Crippen LogP contribution in [0.4, 0.5) is 0 Å². The lowest BCUT2D eigenvalue weighted by Crippen LogP contribution is -2.31. The number of hydrogen-bond donors (Lipinski definition) is 3. The molecule has 0 aliphatic heterocycles. The van der Waals surface area contributed by atoms with Gasteiger partial charge in [-0.3, -0.25) is 4.79 Å². The van der Waals surface area contributed by atoms with Crippen LogP contribution in [0.25, 0.3) is 0 Å². The minimum atomic E-state index is -0.0664. The lowest BCUT2D eigenvalue weighted by molar-refractivity contribution is -0.119. The van der Waals surface area contributed by atoms with Crippen LogP contribution in [0.3, 0.4) is 0 Å². The van der Waals surface area contributed by atoms with Crippen molar-refractivity contribution in [3.8, 4) is 5.75 Å². The minimum Gasteiger partial charge on any atom is -0.508 e. The summed E-state index contributed by atoms with van der Waals surface area (Å²) in [4.78, 5) is 11.0.